The van der Waals surface area contributed by atoms with Crippen LogP contribution in [0.15, 0.2) is 24.5 Å². The molecule has 0 bridgehead atoms. The molecule has 4 rings (SSSR count). The van der Waals surface area contributed by atoms with Crippen LogP contribution in [0.25, 0.3) is 0 Å². The summed E-state index contributed by atoms with van der Waals surface area (Å²) in [6.07, 6.45) is 7.35. The molecule has 7 heteroatoms. The molecule has 2 aromatic rings. The number of aromatic nitrogens is 3. The lowest BCUT2D eigenvalue weighted by molar-refractivity contribution is 0.0593. The molecule has 7 nitrogen and oxygen atoms in total. The molecule has 2 aliphatic rings. The summed E-state index contributed by atoms with van der Waals surface area (Å²) in [6, 6.07) is 5.28. The van der Waals surface area contributed by atoms with E-state index in [1.165, 1.54) is 12.8 Å². The largest absolute Gasteiger partial charge is 0.497 e. The maximum atomic E-state index is 13.3. The normalized spacial score (nSPS) is 19.8. The summed E-state index contributed by atoms with van der Waals surface area (Å²) in [5.41, 5.74) is 0.575. The Labute approximate surface area is 159 Å². The van der Waals surface area contributed by atoms with E-state index in [1.807, 2.05) is 4.90 Å². The second-order valence-corrected chi connectivity index (χ2v) is 7.40. The standard InChI is InChI=1S/C20H26N4O3/c1-26-16-9-15(10-17(11-16)27-2)20(25)24-8-4-3-5-18(24)19-22-21-13-23(19)12-14-6-7-14/h9-11,13-14,18H,3-8,12H2,1-2H3. The van der Waals surface area contributed by atoms with Gasteiger partial charge in [-0.25, -0.2) is 0 Å². The summed E-state index contributed by atoms with van der Waals surface area (Å²) in [5, 5.41) is 8.52. The van der Waals surface area contributed by atoms with Crippen molar-refractivity contribution in [3.63, 3.8) is 0 Å². The number of nitrogens with zero attached hydrogens (tertiary/aromatic N) is 4. The Morgan fingerprint density at radius 2 is 1.85 bits per heavy atom. The number of piperidine rings is 1. The Morgan fingerprint density at radius 1 is 1.11 bits per heavy atom. The van der Waals surface area contributed by atoms with Gasteiger partial charge in [0, 0.05) is 24.7 Å². The monoisotopic (exact) mass is 370 g/mol. The number of benzene rings is 1. The Kier molecular flexibility index (Phi) is 5.01. The molecule has 0 radical (unpaired) electrons. The van der Waals surface area contributed by atoms with Gasteiger partial charge in [-0.1, -0.05) is 0 Å². The third-order valence-corrected chi connectivity index (χ3v) is 5.46. The average molecular weight is 370 g/mol. The molecule has 144 valence electrons. The van der Waals surface area contributed by atoms with Crippen LogP contribution in [0.4, 0.5) is 0 Å². The highest BCUT2D eigenvalue weighted by molar-refractivity contribution is 5.95. The minimum atomic E-state index is -0.0373. The molecule has 1 saturated heterocycles. The first-order valence-electron chi connectivity index (χ1n) is 9.61. The summed E-state index contributed by atoms with van der Waals surface area (Å²) in [6.45, 7) is 1.67. The van der Waals surface area contributed by atoms with E-state index in [2.05, 4.69) is 14.8 Å². The zero-order valence-corrected chi connectivity index (χ0v) is 15.9. The van der Waals surface area contributed by atoms with E-state index in [-0.39, 0.29) is 11.9 Å². The molecule has 1 aliphatic carbocycles. The quantitative estimate of drug-likeness (QED) is 0.782. The number of methoxy groups -OCH3 is 2. The lowest BCUT2D eigenvalue weighted by Gasteiger charge is -2.35. The van der Waals surface area contributed by atoms with Gasteiger partial charge in [-0.15, -0.1) is 10.2 Å². The first-order valence-corrected chi connectivity index (χ1v) is 9.61. The van der Waals surface area contributed by atoms with E-state index in [0.29, 0.717) is 17.1 Å². The van der Waals surface area contributed by atoms with Crippen LogP contribution in [0.3, 0.4) is 0 Å². The third kappa shape index (κ3) is 3.77. The fourth-order valence-corrected chi connectivity index (χ4v) is 3.78. The van der Waals surface area contributed by atoms with Crippen LogP contribution in [0, 0.1) is 5.92 Å². The number of rotatable bonds is 6. The van der Waals surface area contributed by atoms with Crippen molar-refractivity contribution in [3.8, 4) is 11.5 Å². The van der Waals surface area contributed by atoms with Crippen molar-refractivity contribution < 1.29 is 14.3 Å². The molecular weight excluding hydrogens is 344 g/mol. The van der Waals surface area contributed by atoms with Gasteiger partial charge in [-0.05, 0) is 50.2 Å². The van der Waals surface area contributed by atoms with Gasteiger partial charge in [0.15, 0.2) is 5.82 Å². The number of likely N-dealkylation sites (tertiary alicyclic amines) is 1. The minimum Gasteiger partial charge on any atom is -0.497 e. The number of ether oxygens (including phenoxy) is 2. The first kappa shape index (κ1) is 17.8. The van der Waals surface area contributed by atoms with Crippen LogP contribution in [-0.4, -0.2) is 46.3 Å². The van der Waals surface area contributed by atoms with Crippen LogP contribution in [0.1, 0.15) is 54.3 Å². The molecule has 2 fully saturated rings. The van der Waals surface area contributed by atoms with Crippen LogP contribution < -0.4 is 9.47 Å². The highest BCUT2D eigenvalue weighted by atomic mass is 16.5. The van der Waals surface area contributed by atoms with Crippen molar-refractivity contribution in [2.24, 2.45) is 5.92 Å². The Bertz CT molecular complexity index is 793. The smallest absolute Gasteiger partial charge is 0.254 e. The molecular formula is C20H26N4O3. The summed E-state index contributed by atoms with van der Waals surface area (Å²) >= 11 is 0. The van der Waals surface area contributed by atoms with Crippen molar-refractivity contribution in [1.82, 2.24) is 19.7 Å². The van der Waals surface area contributed by atoms with Crippen molar-refractivity contribution in [2.45, 2.75) is 44.7 Å². The van der Waals surface area contributed by atoms with Crippen molar-refractivity contribution in [1.29, 1.82) is 0 Å². The predicted octanol–water partition coefficient (Wildman–Crippen LogP) is 3.07. The first-order chi connectivity index (χ1) is 13.2. The Balaban J connectivity index is 1.62. The van der Waals surface area contributed by atoms with Crippen molar-refractivity contribution in [3.05, 3.63) is 35.9 Å². The fraction of sp³-hybridized carbons (Fsp3) is 0.550. The Hall–Kier alpha value is -2.57. The molecule has 0 N–H and O–H groups in total. The summed E-state index contributed by atoms with van der Waals surface area (Å²) in [7, 11) is 3.18. The van der Waals surface area contributed by atoms with E-state index in [9.17, 15) is 4.79 Å². The van der Waals surface area contributed by atoms with Gasteiger partial charge in [0.25, 0.3) is 5.91 Å². The zero-order chi connectivity index (χ0) is 18.8. The van der Waals surface area contributed by atoms with Crippen LogP contribution in [-0.2, 0) is 6.54 Å². The summed E-state index contributed by atoms with van der Waals surface area (Å²) < 4.78 is 12.8. The summed E-state index contributed by atoms with van der Waals surface area (Å²) in [4.78, 5) is 15.3. The number of amides is 1. The van der Waals surface area contributed by atoms with Crippen molar-refractivity contribution >= 4 is 5.91 Å². The molecule has 1 unspecified atom stereocenters. The van der Waals surface area contributed by atoms with E-state index in [0.717, 1.165) is 44.1 Å². The lowest BCUT2D eigenvalue weighted by Crippen LogP contribution is -2.39. The number of hydrogen-bond acceptors (Lipinski definition) is 5. The molecule has 2 heterocycles. The molecule has 1 saturated carbocycles. The maximum absolute atomic E-state index is 13.3. The van der Waals surface area contributed by atoms with Gasteiger partial charge in [0.2, 0.25) is 0 Å². The molecule has 1 atom stereocenters. The lowest BCUT2D eigenvalue weighted by atomic mass is 9.99. The highest BCUT2D eigenvalue weighted by Crippen LogP contribution is 2.35. The van der Waals surface area contributed by atoms with Gasteiger partial charge < -0.3 is 18.9 Å². The molecule has 1 aromatic heterocycles. The predicted molar refractivity (Wildman–Crippen MR) is 99.9 cm³/mol. The maximum Gasteiger partial charge on any atom is 0.254 e. The SMILES string of the molecule is COc1cc(OC)cc(C(=O)N2CCCCC2c2nncn2CC2CC2)c1. The molecule has 1 amide bonds. The van der Waals surface area contributed by atoms with E-state index in [1.54, 1.807) is 38.7 Å². The summed E-state index contributed by atoms with van der Waals surface area (Å²) in [5.74, 6) is 2.85. The number of carbonyl (C=O) groups is 1. The van der Waals surface area contributed by atoms with Crippen LogP contribution in [0.5, 0.6) is 11.5 Å². The second-order valence-electron chi connectivity index (χ2n) is 7.40. The molecule has 0 spiro atoms. The zero-order valence-electron chi connectivity index (χ0n) is 15.9. The van der Waals surface area contributed by atoms with Gasteiger partial charge in [-0.3, -0.25) is 4.79 Å². The molecule has 1 aromatic carbocycles. The fourth-order valence-electron chi connectivity index (χ4n) is 3.78. The van der Waals surface area contributed by atoms with Gasteiger partial charge >= 0.3 is 0 Å². The second kappa shape index (κ2) is 7.58. The number of hydrogen-bond donors (Lipinski definition) is 0. The van der Waals surface area contributed by atoms with Gasteiger partial charge in [0.05, 0.1) is 20.3 Å². The topological polar surface area (TPSA) is 69.5 Å². The highest BCUT2D eigenvalue weighted by Gasteiger charge is 2.33. The van der Waals surface area contributed by atoms with Crippen molar-refractivity contribution in [2.75, 3.05) is 20.8 Å². The minimum absolute atomic E-state index is 0.0159. The van der Waals surface area contributed by atoms with Crippen LogP contribution in [0.2, 0.25) is 0 Å². The molecule has 27 heavy (non-hydrogen) atoms. The third-order valence-electron chi connectivity index (χ3n) is 5.46. The molecule has 1 aliphatic heterocycles. The van der Waals surface area contributed by atoms with Gasteiger partial charge in [-0.2, -0.15) is 0 Å². The Morgan fingerprint density at radius 3 is 2.52 bits per heavy atom. The average Bonchev–Trinajstić information content (AvgIpc) is 3.42. The van der Waals surface area contributed by atoms with Gasteiger partial charge in [0.1, 0.15) is 17.8 Å². The number of carbonyl (C=O) groups excluding carboxylic acids is 1. The van der Waals surface area contributed by atoms with E-state index >= 15 is 0 Å². The van der Waals surface area contributed by atoms with E-state index < -0.39 is 0 Å². The van der Waals surface area contributed by atoms with Crippen LogP contribution >= 0.6 is 0 Å². The van der Waals surface area contributed by atoms with E-state index in [4.69, 9.17) is 9.47 Å².